The summed E-state index contributed by atoms with van der Waals surface area (Å²) < 4.78 is 35.5. The first-order valence-corrected chi connectivity index (χ1v) is 14.7. The minimum atomic E-state index is -1.44. The topological polar surface area (TPSA) is 158 Å². The van der Waals surface area contributed by atoms with Gasteiger partial charge < -0.3 is 28.4 Å². The number of carbonyl (C=O) groups is 6. The van der Waals surface area contributed by atoms with Gasteiger partial charge in [-0.05, 0) is 35.5 Å². The molecule has 44 heavy (non-hydrogen) atoms. The lowest BCUT2D eigenvalue weighted by atomic mass is 9.48. The fraction of sp³-hybridized carbons (Fsp3) is 0.688. The fourth-order valence-electron chi connectivity index (χ4n) is 7.80. The van der Waals surface area contributed by atoms with Gasteiger partial charge in [0, 0.05) is 59.8 Å². The molecule has 0 aromatic carbocycles. The Hall–Kier alpha value is -3.70. The summed E-state index contributed by atoms with van der Waals surface area (Å²) in [7, 11) is 0. The lowest BCUT2D eigenvalue weighted by Gasteiger charge is -2.61. The van der Waals surface area contributed by atoms with Crippen molar-refractivity contribution in [2.75, 3.05) is 0 Å². The molecule has 0 aromatic heterocycles. The predicted molar refractivity (Wildman–Crippen MR) is 153 cm³/mol. The molecule has 12 nitrogen and oxygen atoms in total. The SMILES string of the molecule is C=C1[C@@H](OC(C)=O)C[C@H](OC(C)=O)[C@@]2(C)[C@@H](OC(C)=O)[C@H](OC(C)=O)C3=C(C)[C@@H](OC(C)=O)C[C@@H]([C@@H](OC(C)=O)[C@H]12)C3(C)C. The number of carbonyl (C=O) groups excluding carboxylic acids is 6. The van der Waals surface area contributed by atoms with Gasteiger partial charge in [0.1, 0.15) is 24.4 Å². The van der Waals surface area contributed by atoms with Gasteiger partial charge in [-0.3, -0.25) is 28.8 Å². The van der Waals surface area contributed by atoms with Crippen LogP contribution in [-0.2, 0) is 57.2 Å². The zero-order valence-corrected chi connectivity index (χ0v) is 27.1. The van der Waals surface area contributed by atoms with Crippen LogP contribution in [0, 0.1) is 22.7 Å². The van der Waals surface area contributed by atoms with E-state index in [4.69, 9.17) is 28.4 Å². The number of esters is 6. The molecule has 0 unspecified atom stereocenters. The maximum atomic E-state index is 12.8. The zero-order valence-electron chi connectivity index (χ0n) is 27.1. The van der Waals surface area contributed by atoms with Crippen LogP contribution in [-0.4, -0.2) is 72.4 Å². The van der Waals surface area contributed by atoms with Gasteiger partial charge in [0.15, 0.2) is 12.2 Å². The molecule has 0 saturated heterocycles. The van der Waals surface area contributed by atoms with Crippen molar-refractivity contribution in [1.82, 2.24) is 0 Å². The summed E-state index contributed by atoms with van der Waals surface area (Å²) in [5, 5.41) is 0. The molecule has 0 radical (unpaired) electrons. The Bertz CT molecular complexity index is 1280. The van der Waals surface area contributed by atoms with Gasteiger partial charge in [-0.2, -0.15) is 0 Å². The normalized spacial score (nSPS) is 34.3. The summed E-state index contributed by atoms with van der Waals surface area (Å²) in [6, 6.07) is 0. The summed E-state index contributed by atoms with van der Waals surface area (Å²) in [6.07, 6.45) is -6.30. The highest BCUT2D eigenvalue weighted by molar-refractivity contribution is 5.70. The van der Waals surface area contributed by atoms with Gasteiger partial charge in [-0.1, -0.05) is 27.4 Å². The van der Waals surface area contributed by atoms with E-state index in [2.05, 4.69) is 6.58 Å². The quantitative estimate of drug-likeness (QED) is 0.242. The Balaban J connectivity index is 2.54. The Morgan fingerprint density at radius 2 is 1.14 bits per heavy atom. The van der Waals surface area contributed by atoms with E-state index in [9.17, 15) is 28.8 Å². The van der Waals surface area contributed by atoms with E-state index in [1.165, 1.54) is 41.5 Å². The van der Waals surface area contributed by atoms with Crippen molar-refractivity contribution in [3.05, 3.63) is 23.3 Å². The van der Waals surface area contributed by atoms with Crippen molar-refractivity contribution in [2.45, 2.75) is 119 Å². The van der Waals surface area contributed by atoms with Crippen LogP contribution >= 0.6 is 0 Å². The minimum Gasteiger partial charge on any atom is -0.462 e. The molecule has 0 N–H and O–H groups in total. The molecule has 0 heterocycles. The molecule has 12 heteroatoms. The molecular formula is C32H44O12. The van der Waals surface area contributed by atoms with Gasteiger partial charge >= 0.3 is 35.8 Å². The lowest BCUT2D eigenvalue weighted by molar-refractivity contribution is -0.230. The van der Waals surface area contributed by atoms with Crippen LogP contribution in [0.15, 0.2) is 23.3 Å². The maximum absolute atomic E-state index is 12.8. The smallest absolute Gasteiger partial charge is 0.303 e. The molecule has 2 fully saturated rings. The summed E-state index contributed by atoms with van der Waals surface area (Å²) in [4.78, 5) is 75.4. The first-order valence-electron chi connectivity index (χ1n) is 14.7. The van der Waals surface area contributed by atoms with Gasteiger partial charge in [0.2, 0.25) is 0 Å². The van der Waals surface area contributed by atoms with Crippen molar-refractivity contribution in [3.8, 4) is 0 Å². The molecule has 3 aliphatic carbocycles. The van der Waals surface area contributed by atoms with Crippen molar-refractivity contribution in [1.29, 1.82) is 0 Å². The van der Waals surface area contributed by atoms with Crippen molar-refractivity contribution < 1.29 is 57.2 Å². The Labute approximate surface area is 257 Å². The monoisotopic (exact) mass is 620 g/mol. The average molecular weight is 621 g/mol. The van der Waals surface area contributed by atoms with Crippen molar-refractivity contribution >= 4 is 35.8 Å². The number of fused-ring (bicyclic) bond motifs is 3. The van der Waals surface area contributed by atoms with E-state index < -0.39 is 95.1 Å². The van der Waals surface area contributed by atoms with Crippen LogP contribution in [0.3, 0.4) is 0 Å². The van der Waals surface area contributed by atoms with Crippen LogP contribution in [0.25, 0.3) is 0 Å². The third-order valence-electron chi connectivity index (χ3n) is 9.31. The third kappa shape index (κ3) is 6.53. The minimum absolute atomic E-state index is 0.0511. The van der Waals surface area contributed by atoms with E-state index >= 15 is 0 Å². The van der Waals surface area contributed by atoms with E-state index in [1.54, 1.807) is 13.8 Å². The maximum Gasteiger partial charge on any atom is 0.303 e. The second-order valence-electron chi connectivity index (χ2n) is 12.7. The van der Waals surface area contributed by atoms with Crippen molar-refractivity contribution in [2.24, 2.45) is 22.7 Å². The Morgan fingerprint density at radius 1 is 0.659 bits per heavy atom. The van der Waals surface area contributed by atoms with Crippen LogP contribution in [0.2, 0.25) is 0 Å². The molecular weight excluding hydrogens is 576 g/mol. The van der Waals surface area contributed by atoms with Crippen molar-refractivity contribution in [3.63, 3.8) is 0 Å². The molecule has 2 bridgehead atoms. The average Bonchev–Trinajstić information content (AvgIpc) is 2.84. The van der Waals surface area contributed by atoms with Gasteiger partial charge in [0.05, 0.1) is 5.41 Å². The highest BCUT2D eigenvalue weighted by atomic mass is 16.6. The fourth-order valence-corrected chi connectivity index (χ4v) is 7.80. The van der Waals surface area contributed by atoms with E-state index in [-0.39, 0.29) is 12.8 Å². The number of ether oxygens (including phenoxy) is 6. The van der Waals surface area contributed by atoms with Gasteiger partial charge in [-0.15, -0.1) is 0 Å². The summed E-state index contributed by atoms with van der Waals surface area (Å²) >= 11 is 0. The summed E-state index contributed by atoms with van der Waals surface area (Å²) in [5.74, 6) is -5.41. The third-order valence-corrected chi connectivity index (χ3v) is 9.31. The first-order chi connectivity index (χ1) is 20.2. The summed E-state index contributed by atoms with van der Waals surface area (Å²) in [5.41, 5.74) is -0.908. The largest absolute Gasteiger partial charge is 0.462 e. The zero-order chi connectivity index (χ0) is 33.5. The number of rotatable bonds is 6. The van der Waals surface area contributed by atoms with Crippen LogP contribution in [0.4, 0.5) is 0 Å². The highest BCUT2D eigenvalue weighted by Gasteiger charge is 2.68. The molecule has 0 spiro atoms. The molecule has 0 aromatic rings. The molecule has 3 rings (SSSR count). The van der Waals surface area contributed by atoms with E-state index in [0.717, 1.165) is 0 Å². The van der Waals surface area contributed by atoms with Crippen LogP contribution in [0.5, 0.6) is 0 Å². The lowest BCUT2D eigenvalue weighted by Crippen LogP contribution is -2.68. The number of hydrogen-bond donors (Lipinski definition) is 0. The van der Waals surface area contributed by atoms with E-state index in [1.807, 2.05) is 13.8 Å². The van der Waals surface area contributed by atoms with Gasteiger partial charge in [0.25, 0.3) is 0 Å². The van der Waals surface area contributed by atoms with Gasteiger partial charge in [-0.25, -0.2) is 0 Å². The summed E-state index contributed by atoms with van der Waals surface area (Å²) in [6.45, 7) is 18.9. The molecule has 2 saturated carbocycles. The first kappa shape index (κ1) is 34.8. The molecule has 0 amide bonds. The molecule has 0 aliphatic heterocycles. The molecule has 9 atom stereocenters. The highest BCUT2D eigenvalue weighted by Crippen LogP contribution is 2.61. The predicted octanol–water partition coefficient (Wildman–Crippen LogP) is 3.54. The standard InChI is InChI=1S/C32H44O12/c1-14-23(39-16(3)33)12-22-28(42-19(6)36)27-15(2)24(40-17(4)34)13-25(41-18(5)35)32(27,11)30(44-21(8)38)29(43-20(7)37)26(14)31(22,9)10/h22-25,27-30H,2,12-13H2,1,3-11H3/t22-,23-,24-,25-,27-,28+,29+,30-,32+/m0/s1. The van der Waals surface area contributed by atoms with E-state index in [0.29, 0.717) is 16.7 Å². The second kappa shape index (κ2) is 12.7. The second-order valence-corrected chi connectivity index (χ2v) is 12.7. The Morgan fingerprint density at radius 3 is 1.61 bits per heavy atom. The molecule has 3 aliphatic rings. The van der Waals surface area contributed by atoms with Crippen LogP contribution in [0.1, 0.15) is 82.1 Å². The Kier molecular flexibility index (Phi) is 10.1. The number of hydrogen-bond acceptors (Lipinski definition) is 12. The van der Waals surface area contributed by atoms with Crippen LogP contribution < -0.4 is 0 Å². The molecule has 244 valence electrons.